The topological polar surface area (TPSA) is 65.3 Å². The van der Waals surface area contributed by atoms with Crippen molar-refractivity contribution in [1.29, 1.82) is 0 Å². The largest absolute Gasteiger partial charge is 0.490 e. The van der Waals surface area contributed by atoms with Crippen LogP contribution in [0.5, 0.6) is 11.5 Å². The lowest BCUT2D eigenvalue weighted by molar-refractivity contribution is 0.297. The van der Waals surface area contributed by atoms with Gasteiger partial charge in [0.2, 0.25) is 0 Å². The number of fused-ring (bicyclic) bond motifs is 1. The highest BCUT2D eigenvalue weighted by atomic mass is 16.5. The number of anilines is 1. The Kier molecular flexibility index (Phi) is 4.12. The highest BCUT2D eigenvalue weighted by Crippen LogP contribution is 2.39. The van der Waals surface area contributed by atoms with E-state index in [1.165, 1.54) is 5.56 Å². The first-order valence-corrected chi connectivity index (χ1v) is 9.40. The maximum Gasteiger partial charge on any atom is 0.250 e. The lowest BCUT2D eigenvalue weighted by Gasteiger charge is -2.26. The molecule has 1 atom stereocenters. The minimum Gasteiger partial charge on any atom is -0.490 e. The van der Waals surface area contributed by atoms with E-state index in [4.69, 9.17) is 9.47 Å². The molecule has 0 aliphatic carbocycles. The van der Waals surface area contributed by atoms with Gasteiger partial charge >= 0.3 is 0 Å². The molecule has 138 valence electrons. The number of hydrogen-bond donors (Lipinski definition) is 0. The van der Waals surface area contributed by atoms with Crippen molar-refractivity contribution in [2.45, 2.75) is 25.3 Å². The predicted molar refractivity (Wildman–Crippen MR) is 101 cm³/mol. The van der Waals surface area contributed by atoms with Gasteiger partial charge in [0.1, 0.15) is 0 Å². The van der Waals surface area contributed by atoms with Gasteiger partial charge in [-0.3, -0.25) is 0 Å². The van der Waals surface area contributed by atoms with Crippen LogP contribution in [0.2, 0.25) is 0 Å². The Bertz CT molecular complexity index is 927. The molecule has 3 heterocycles. The van der Waals surface area contributed by atoms with Gasteiger partial charge in [-0.05, 0) is 53.1 Å². The van der Waals surface area contributed by atoms with Crippen molar-refractivity contribution < 1.29 is 9.47 Å². The van der Waals surface area contributed by atoms with Gasteiger partial charge in [0.25, 0.3) is 5.95 Å². The standard InChI is InChI=1S/C20H21N5O2/c1-2-6-16(7-3-1)25-20(21-22-23-25)24-11-4-8-17(24)15-9-10-18-19(14-15)27-13-5-12-26-18/h1-3,6-7,9-10,14,17H,4-5,8,11-13H2. The van der Waals surface area contributed by atoms with Gasteiger partial charge in [0.05, 0.1) is 24.9 Å². The zero-order chi connectivity index (χ0) is 18.1. The lowest BCUT2D eigenvalue weighted by atomic mass is 10.0. The number of para-hydroxylation sites is 1. The Morgan fingerprint density at radius 3 is 2.67 bits per heavy atom. The molecule has 3 aromatic rings. The molecule has 0 bridgehead atoms. The number of benzene rings is 2. The average Bonchev–Trinajstić information content (AvgIpc) is 3.33. The van der Waals surface area contributed by atoms with E-state index in [0.29, 0.717) is 13.2 Å². The molecule has 2 aliphatic heterocycles. The number of aromatic nitrogens is 4. The average molecular weight is 363 g/mol. The molecule has 5 rings (SSSR count). The van der Waals surface area contributed by atoms with E-state index in [1.54, 1.807) is 4.68 Å². The normalized spacial score (nSPS) is 19.1. The van der Waals surface area contributed by atoms with Gasteiger partial charge in [-0.1, -0.05) is 29.4 Å². The summed E-state index contributed by atoms with van der Waals surface area (Å²) in [7, 11) is 0. The molecule has 0 amide bonds. The zero-order valence-electron chi connectivity index (χ0n) is 15.0. The number of ether oxygens (including phenoxy) is 2. The van der Waals surface area contributed by atoms with Gasteiger partial charge in [-0.25, -0.2) is 0 Å². The Morgan fingerprint density at radius 2 is 1.78 bits per heavy atom. The molecule has 0 spiro atoms. The van der Waals surface area contributed by atoms with Crippen molar-refractivity contribution in [2.75, 3.05) is 24.7 Å². The smallest absolute Gasteiger partial charge is 0.250 e. The zero-order valence-corrected chi connectivity index (χ0v) is 15.0. The van der Waals surface area contributed by atoms with Crippen LogP contribution in [0.3, 0.4) is 0 Å². The van der Waals surface area contributed by atoms with Crippen molar-refractivity contribution >= 4 is 5.95 Å². The summed E-state index contributed by atoms with van der Waals surface area (Å²) >= 11 is 0. The van der Waals surface area contributed by atoms with Crippen LogP contribution >= 0.6 is 0 Å². The van der Waals surface area contributed by atoms with Gasteiger partial charge in [-0.15, -0.1) is 0 Å². The second-order valence-corrected chi connectivity index (χ2v) is 6.83. The van der Waals surface area contributed by atoms with E-state index in [-0.39, 0.29) is 6.04 Å². The minimum absolute atomic E-state index is 0.218. The summed E-state index contributed by atoms with van der Waals surface area (Å²) in [4.78, 5) is 2.28. The summed E-state index contributed by atoms with van der Waals surface area (Å²) in [5.74, 6) is 2.44. The summed E-state index contributed by atoms with van der Waals surface area (Å²) in [6.45, 7) is 2.32. The van der Waals surface area contributed by atoms with Crippen molar-refractivity contribution in [3.05, 3.63) is 54.1 Å². The molecule has 2 aromatic carbocycles. The number of tetrazole rings is 1. The molecule has 1 saturated heterocycles. The molecular weight excluding hydrogens is 342 g/mol. The number of rotatable bonds is 3. The summed E-state index contributed by atoms with van der Waals surface area (Å²) in [6, 6.07) is 16.5. The van der Waals surface area contributed by atoms with Crippen LogP contribution in [0.15, 0.2) is 48.5 Å². The third kappa shape index (κ3) is 2.99. The third-order valence-corrected chi connectivity index (χ3v) is 5.12. The fraction of sp³-hybridized carbons (Fsp3) is 0.350. The molecule has 7 nitrogen and oxygen atoms in total. The monoisotopic (exact) mass is 363 g/mol. The van der Waals surface area contributed by atoms with Gasteiger partial charge in [0.15, 0.2) is 11.5 Å². The Morgan fingerprint density at radius 1 is 0.926 bits per heavy atom. The first-order chi connectivity index (χ1) is 13.4. The third-order valence-electron chi connectivity index (χ3n) is 5.12. The van der Waals surface area contributed by atoms with Gasteiger partial charge in [-0.2, -0.15) is 4.68 Å². The molecule has 0 saturated carbocycles. The number of hydrogen-bond acceptors (Lipinski definition) is 6. The highest BCUT2D eigenvalue weighted by molar-refractivity contribution is 5.49. The van der Waals surface area contributed by atoms with Crippen molar-refractivity contribution in [2.24, 2.45) is 0 Å². The van der Waals surface area contributed by atoms with E-state index in [2.05, 4.69) is 32.6 Å². The minimum atomic E-state index is 0.218. The van der Waals surface area contributed by atoms with E-state index < -0.39 is 0 Å². The summed E-state index contributed by atoms with van der Waals surface area (Å²) in [5.41, 5.74) is 2.17. The van der Waals surface area contributed by atoms with Crippen LogP contribution < -0.4 is 14.4 Å². The summed E-state index contributed by atoms with van der Waals surface area (Å²) in [6.07, 6.45) is 3.06. The first kappa shape index (κ1) is 16.1. The summed E-state index contributed by atoms with van der Waals surface area (Å²) < 4.78 is 13.5. The van der Waals surface area contributed by atoms with Crippen LogP contribution in [0.1, 0.15) is 30.9 Å². The quantitative estimate of drug-likeness (QED) is 0.712. The van der Waals surface area contributed by atoms with E-state index in [9.17, 15) is 0 Å². The highest BCUT2D eigenvalue weighted by Gasteiger charge is 2.31. The van der Waals surface area contributed by atoms with Crippen LogP contribution in [0, 0.1) is 0 Å². The Labute approximate surface area is 157 Å². The van der Waals surface area contributed by atoms with E-state index in [0.717, 1.165) is 48.9 Å². The number of nitrogens with zero attached hydrogens (tertiary/aromatic N) is 5. The van der Waals surface area contributed by atoms with Gasteiger partial charge in [0, 0.05) is 13.0 Å². The molecule has 1 fully saturated rings. The molecule has 2 aliphatic rings. The van der Waals surface area contributed by atoms with Crippen LogP contribution in [-0.2, 0) is 0 Å². The molecular formula is C20H21N5O2. The van der Waals surface area contributed by atoms with Crippen molar-refractivity contribution in [3.63, 3.8) is 0 Å². The fourth-order valence-corrected chi connectivity index (χ4v) is 3.84. The first-order valence-electron chi connectivity index (χ1n) is 9.40. The van der Waals surface area contributed by atoms with Crippen LogP contribution in [0.4, 0.5) is 5.95 Å². The Hall–Kier alpha value is -3.09. The van der Waals surface area contributed by atoms with Crippen LogP contribution in [0.25, 0.3) is 5.69 Å². The van der Waals surface area contributed by atoms with Gasteiger partial charge < -0.3 is 14.4 Å². The lowest BCUT2D eigenvalue weighted by Crippen LogP contribution is -2.26. The SMILES string of the molecule is c1ccc(-n2nnnc2N2CCCC2c2ccc3c(c2)OCCCO3)cc1. The maximum absolute atomic E-state index is 5.88. The summed E-state index contributed by atoms with van der Waals surface area (Å²) in [5, 5.41) is 12.5. The molecule has 7 heteroatoms. The van der Waals surface area contributed by atoms with E-state index in [1.807, 2.05) is 36.4 Å². The second-order valence-electron chi connectivity index (χ2n) is 6.83. The molecule has 0 radical (unpaired) electrons. The Balaban J connectivity index is 1.49. The molecule has 0 N–H and O–H groups in total. The van der Waals surface area contributed by atoms with E-state index >= 15 is 0 Å². The van der Waals surface area contributed by atoms with Crippen molar-refractivity contribution in [3.8, 4) is 17.2 Å². The molecule has 27 heavy (non-hydrogen) atoms. The fourth-order valence-electron chi connectivity index (χ4n) is 3.84. The van der Waals surface area contributed by atoms with Crippen LogP contribution in [-0.4, -0.2) is 40.0 Å². The second kappa shape index (κ2) is 6.90. The maximum atomic E-state index is 5.88. The predicted octanol–water partition coefficient (Wildman–Crippen LogP) is 3.17. The molecule has 1 unspecified atom stereocenters. The molecule has 1 aromatic heterocycles. The van der Waals surface area contributed by atoms with Crippen molar-refractivity contribution in [1.82, 2.24) is 20.2 Å².